The second-order valence-corrected chi connectivity index (χ2v) is 3.28. The molecular weight excluding hydrogens is 163 g/mol. The van der Waals surface area contributed by atoms with Crippen molar-refractivity contribution < 1.29 is 19.0 Å². The molecule has 3 nitrogen and oxygen atoms in total. The van der Waals surface area contributed by atoms with Crippen LogP contribution in [0.1, 0.15) is 20.3 Å². The van der Waals surface area contributed by atoms with E-state index in [9.17, 15) is 9.50 Å². The van der Waals surface area contributed by atoms with E-state index in [2.05, 4.69) is 0 Å². The molecule has 0 spiro atoms. The van der Waals surface area contributed by atoms with E-state index in [1.807, 2.05) is 6.92 Å². The Labute approximate surface area is 71.5 Å². The van der Waals surface area contributed by atoms with Crippen molar-refractivity contribution in [2.24, 2.45) is 0 Å². The first-order valence-electron chi connectivity index (χ1n) is 4.08. The summed E-state index contributed by atoms with van der Waals surface area (Å²) in [6.07, 6.45) is -2.23. The molecule has 0 aromatic heterocycles. The van der Waals surface area contributed by atoms with Gasteiger partial charge >= 0.3 is 0 Å². The summed E-state index contributed by atoms with van der Waals surface area (Å²) in [6.45, 7) is 3.20. The summed E-state index contributed by atoms with van der Waals surface area (Å²) in [4.78, 5) is 0. The van der Waals surface area contributed by atoms with Crippen LogP contribution >= 0.6 is 0 Å². The van der Waals surface area contributed by atoms with Gasteiger partial charge in [-0.2, -0.15) is 0 Å². The van der Waals surface area contributed by atoms with E-state index < -0.39 is 24.2 Å². The molecule has 1 aliphatic heterocycles. The standard InChI is InChI=1S/C8H15FO3/c1-4-5-6(9)8(2,10)7(11-3)12-5/h5-7,10H,4H2,1-3H3/t5-,6-,7-,8-/m1/s1. The quantitative estimate of drug-likeness (QED) is 0.681. The maximum absolute atomic E-state index is 13.3. The lowest BCUT2D eigenvalue weighted by molar-refractivity contribution is -0.182. The Morgan fingerprint density at radius 2 is 2.25 bits per heavy atom. The molecule has 12 heavy (non-hydrogen) atoms. The van der Waals surface area contributed by atoms with E-state index in [4.69, 9.17) is 9.47 Å². The van der Waals surface area contributed by atoms with Crippen LogP contribution in [0.2, 0.25) is 0 Å². The van der Waals surface area contributed by atoms with Gasteiger partial charge in [0.05, 0.1) is 6.10 Å². The minimum atomic E-state index is -1.52. The molecular formula is C8H15FO3. The Hall–Kier alpha value is -0.190. The van der Waals surface area contributed by atoms with Gasteiger partial charge in [0, 0.05) is 7.11 Å². The summed E-state index contributed by atoms with van der Waals surface area (Å²) in [5.74, 6) is 0. The van der Waals surface area contributed by atoms with E-state index in [-0.39, 0.29) is 0 Å². The first kappa shape index (κ1) is 9.89. The van der Waals surface area contributed by atoms with Gasteiger partial charge in [0.15, 0.2) is 12.5 Å². The van der Waals surface area contributed by atoms with Crippen molar-refractivity contribution in [3.63, 3.8) is 0 Å². The summed E-state index contributed by atoms with van der Waals surface area (Å²) in [6, 6.07) is 0. The average molecular weight is 178 g/mol. The molecule has 1 rings (SSSR count). The monoisotopic (exact) mass is 178 g/mol. The zero-order chi connectivity index (χ0) is 9.35. The highest BCUT2D eigenvalue weighted by Crippen LogP contribution is 2.34. The molecule has 0 aliphatic carbocycles. The van der Waals surface area contributed by atoms with Crippen molar-refractivity contribution in [2.75, 3.05) is 7.11 Å². The molecule has 4 heteroatoms. The van der Waals surface area contributed by atoms with E-state index in [1.165, 1.54) is 14.0 Å². The molecule has 0 aromatic carbocycles. The molecule has 0 saturated carbocycles. The third-order valence-electron chi connectivity index (χ3n) is 2.28. The predicted molar refractivity (Wildman–Crippen MR) is 41.5 cm³/mol. The van der Waals surface area contributed by atoms with Gasteiger partial charge in [-0.3, -0.25) is 0 Å². The van der Waals surface area contributed by atoms with Crippen LogP contribution in [0.4, 0.5) is 4.39 Å². The zero-order valence-electron chi connectivity index (χ0n) is 7.58. The van der Waals surface area contributed by atoms with Gasteiger partial charge in [0.1, 0.15) is 5.60 Å². The minimum absolute atomic E-state index is 0.539. The fourth-order valence-corrected chi connectivity index (χ4v) is 1.47. The van der Waals surface area contributed by atoms with Crippen molar-refractivity contribution in [3.05, 3.63) is 0 Å². The average Bonchev–Trinajstić information content (AvgIpc) is 2.25. The van der Waals surface area contributed by atoms with Gasteiger partial charge in [0.25, 0.3) is 0 Å². The number of hydrogen-bond donors (Lipinski definition) is 1. The topological polar surface area (TPSA) is 38.7 Å². The molecule has 4 atom stereocenters. The second-order valence-electron chi connectivity index (χ2n) is 3.28. The van der Waals surface area contributed by atoms with E-state index >= 15 is 0 Å². The largest absolute Gasteiger partial charge is 0.382 e. The molecule has 1 fully saturated rings. The Morgan fingerprint density at radius 3 is 2.50 bits per heavy atom. The van der Waals surface area contributed by atoms with Crippen molar-refractivity contribution in [1.29, 1.82) is 0 Å². The molecule has 72 valence electrons. The van der Waals surface area contributed by atoms with Crippen molar-refractivity contribution in [2.45, 2.75) is 44.4 Å². The van der Waals surface area contributed by atoms with Crippen molar-refractivity contribution >= 4 is 0 Å². The Bertz CT molecular complexity index is 156. The Kier molecular flexibility index (Phi) is 2.70. The number of methoxy groups -OCH3 is 1. The van der Waals surface area contributed by atoms with Crippen LogP contribution in [0, 0.1) is 0 Å². The van der Waals surface area contributed by atoms with Crippen LogP contribution in [0.15, 0.2) is 0 Å². The van der Waals surface area contributed by atoms with Crippen LogP contribution in [0.5, 0.6) is 0 Å². The van der Waals surface area contributed by atoms with Gasteiger partial charge < -0.3 is 14.6 Å². The summed E-state index contributed by atoms with van der Waals surface area (Å²) in [7, 11) is 1.39. The Balaban J connectivity index is 2.73. The highest BCUT2D eigenvalue weighted by Gasteiger charge is 2.53. The fourth-order valence-electron chi connectivity index (χ4n) is 1.47. The second kappa shape index (κ2) is 3.28. The SMILES string of the molecule is CC[C@H]1O[C@@H](OC)[C@](C)(O)[C@@H]1F. The summed E-state index contributed by atoms with van der Waals surface area (Å²) in [5.41, 5.74) is -1.52. The zero-order valence-corrected chi connectivity index (χ0v) is 7.58. The number of aliphatic hydroxyl groups is 1. The fraction of sp³-hybridized carbons (Fsp3) is 1.00. The molecule has 0 aromatic rings. The third kappa shape index (κ3) is 1.34. The number of alkyl halides is 1. The number of halogens is 1. The third-order valence-corrected chi connectivity index (χ3v) is 2.28. The molecule has 0 amide bonds. The highest BCUT2D eigenvalue weighted by atomic mass is 19.1. The van der Waals surface area contributed by atoms with E-state index in [0.717, 1.165) is 0 Å². The van der Waals surface area contributed by atoms with Gasteiger partial charge in [-0.1, -0.05) is 6.92 Å². The smallest absolute Gasteiger partial charge is 0.189 e. The lowest BCUT2D eigenvalue weighted by atomic mass is 9.98. The lowest BCUT2D eigenvalue weighted by Gasteiger charge is -2.23. The van der Waals surface area contributed by atoms with E-state index in [0.29, 0.717) is 6.42 Å². The summed E-state index contributed by atoms with van der Waals surface area (Å²) >= 11 is 0. The van der Waals surface area contributed by atoms with Crippen molar-refractivity contribution in [1.82, 2.24) is 0 Å². The molecule has 1 heterocycles. The highest BCUT2D eigenvalue weighted by molar-refractivity contribution is 4.96. The predicted octanol–water partition coefficient (Wildman–Crippen LogP) is 0.857. The Morgan fingerprint density at radius 1 is 1.67 bits per heavy atom. The van der Waals surface area contributed by atoms with Gasteiger partial charge in [-0.15, -0.1) is 0 Å². The van der Waals surface area contributed by atoms with Gasteiger partial charge in [0.2, 0.25) is 0 Å². The minimum Gasteiger partial charge on any atom is -0.382 e. The normalized spacial score (nSPS) is 48.2. The van der Waals surface area contributed by atoms with Crippen LogP contribution in [0.3, 0.4) is 0 Å². The maximum Gasteiger partial charge on any atom is 0.189 e. The van der Waals surface area contributed by atoms with Gasteiger partial charge in [-0.25, -0.2) is 4.39 Å². The van der Waals surface area contributed by atoms with Crippen LogP contribution in [0.25, 0.3) is 0 Å². The molecule has 1 aliphatic rings. The van der Waals surface area contributed by atoms with Crippen LogP contribution in [-0.2, 0) is 9.47 Å². The molecule has 1 saturated heterocycles. The first-order valence-corrected chi connectivity index (χ1v) is 4.08. The molecule has 1 N–H and O–H groups in total. The number of hydrogen-bond acceptors (Lipinski definition) is 3. The molecule has 0 bridgehead atoms. The lowest BCUT2D eigenvalue weighted by Crippen LogP contribution is -2.43. The number of ether oxygens (including phenoxy) is 2. The van der Waals surface area contributed by atoms with Crippen LogP contribution in [-0.4, -0.2) is 36.4 Å². The maximum atomic E-state index is 13.3. The summed E-state index contributed by atoms with van der Waals surface area (Å²) < 4.78 is 23.3. The van der Waals surface area contributed by atoms with Gasteiger partial charge in [-0.05, 0) is 13.3 Å². The van der Waals surface area contributed by atoms with E-state index in [1.54, 1.807) is 0 Å². The summed E-state index contributed by atoms with van der Waals surface area (Å²) in [5, 5.41) is 9.60. The molecule has 0 radical (unpaired) electrons. The first-order chi connectivity index (χ1) is 5.54. The molecule has 0 unspecified atom stereocenters. The van der Waals surface area contributed by atoms with Crippen molar-refractivity contribution in [3.8, 4) is 0 Å². The van der Waals surface area contributed by atoms with Crippen LogP contribution < -0.4 is 0 Å². The number of rotatable bonds is 2.